The lowest BCUT2D eigenvalue weighted by Crippen LogP contribution is -2.37. The highest BCUT2D eigenvalue weighted by molar-refractivity contribution is 7.11. The zero-order valence-corrected chi connectivity index (χ0v) is 16.4. The summed E-state index contributed by atoms with van der Waals surface area (Å²) in [7, 11) is 0. The van der Waals surface area contributed by atoms with Crippen LogP contribution in [0.15, 0.2) is 47.5 Å². The molecule has 3 amide bonds. The molecule has 7 heteroatoms. The third kappa shape index (κ3) is 3.33. The molecule has 0 aliphatic carbocycles. The van der Waals surface area contributed by atoms with E-state index >= 15 is 0 Å². The van der Waals surface area contributed by atoms with Crippen molar-refractivity contribution < 1.29 is 14.4 Å². The Morgan fingerprint density at radius 1 is 1.00 bits per heavy atom. The number of piperidine rings is 1. The Kier molecular flexibility index (Phi) is 5.00. The van der Waals surface area contributed by atoms with Gasteiger partial charge in [-0.2, -0.15) is 0 Å². The van der Waals surface area contributed by atoms with Crippen molar-refractivity contribution in [3.63, 3.8) is 0 Å². The first-order valence-electron chi connectivity index (χ1n) is 9.36. The highest BCUT2D eigenvalue weighted by Crippen LogP contribution is 2.37. The molecule has 3 heterocycles. The zero-order chi connectivity index (χ0) is 19.7. The van der Waals surface area contributed by atoms with Gasteiger partial charge in [-0.05, 0) is 55.0 Å². The van der Waals surface area contributed by atoms with Gasteiger partial charge in [0.05, 0.1) is 11.3 Å². The highest BCUT2D eigenvalue weighted by Gasteiger charge is 2.43. The van der Waals surface area contributed by atoms with Gasteiger partial charge >= 0.3 is 0 Å². The van der Waals surface area contributed by atoms with Crippen molar-refractivity contribution in [3.05, 3.63) is 52.4 Å². The molecule has 4 rings (SSSR count). The summed E-state index contributed by atoms with van der Waals surface area (Å²) >= 11 is 1.47. The van der Waals surface area contributed by atoms with E-state index in [1.165, 1.54) is 23.2 Å². The Bertz CT molecular complexity index is 942. The molecule has 144 valence electrons. The summed E-state index contributed by atoms with van der Waals surface area (Å²) in [5, 5.41) is 4.61. The monoisotopic (exact) mass is 395 g/mol. The number of carbonyl (C=O) groups is 3. The number of likely N-dealkylation sites (tertiary alicyclic amines) is 1. The molecule has 0 radical (unpaired) electrons. The topological polar surface area (TPSA) is 69.7 Å². The van der Waals surface area contributed by atoms with E-state index in [4.69, 9.17) is 0 Å². The van der Waals surface area contributed by atoms with Crippen LogP contribution in [-0.2, 0) is 14.4 Å². The summed E-state index contributed by atoms with van der Waals surface area (Å²) < 4.78 is 0. The van der Waals surface area contributed by atoms with Crippen molar-refractivity contribution >= 4 is 46.0 Å². The molecule has 6 nitrogen and oxygen atoms in total. The lowest BCUT2D eigenvalue weighted by Gasteiger charge is -2.29. The van der Waals surface area contributed by atoms with E-state index in [0.717, 1.165) is 37.2 Å². The highest BCUT2D eigenvalue weighted by atomic mass is 32.1. The normalized spacial score (nSPS) is 17.5. The van der Waals surface area contributed by atoms with Gasteiger partial charge < -0.3 is 10.2 Å². The number of amides is 3. The zero-order valence-electron chi connectivity index (χ0n) is 15.6. The predicted molar refractivity (Wildman–Crippen MR) is 110 cm³/mol. The minimum Gasteiger partial charge on any atom is -0.366 e. The van der Waals surface area contributed by atoms with E-state index in [9.17, 15) is 14.4 Å². The smallest absolute Gasteiger partial charge is 0.282 e. The van der Waals surface area contributed by atoms with E-state index in [0.29, 0.717) is 22.6 Å². The molecule has 0 atom stereocenters. The maximum Gasteiger partial charge on any atom is 0.282 e. The fourth-order valence-electron chi connectivity index (χ4n) is 3.70. The summed E-state index contributed by atoms with van der Waals surface area (Å²) in [5.74, 6) is -0.738. The number of imide groups is 1. The Labute approximate surface area is 167 Å². The molecule has 0 unspecified atom stereocenters. The van der Waals surface area contributed by atoms with Crippen LogP contribution in [0.1, 0.15) is 31.1 Å². The standard InChI is InChI=1S/C21H21N3O3S/c1-14(25)22-15-7-9-16(10-8-15)24-20(26)18(17-6-5-13-28-17)19(21(24)27)23-11-3-2-4-12-23/h5-10,13H,2-4,11-12H2,1H3,(H,22,25). The first-order valence-corrected chi connectivity index (χ1v) is 10.2. The van der Waals surface area contributed by atoms with Gasteiger partial charge in [-0.15, -0.1) is 11.3 Å². The second kappa shape index (κ2) is 7.59. The van der Waals surface area contributed by atoms with Gasteiger partial charge in [-0.25, -0.2) is 4.90 Å². The minimum atomic E-state index is -0.291. The molecule has 2 aliphatic heterocycles. The number of benzene rings is 1. The van der Waals surface area contributed by atoms with Crippen LogP contribution in [0, 0.1) is 0 Å². The molecule has 28 heavy (non-hydrogen) atoms. The average Bonchev–Trinajstić information content (AvgIpc) is 3.29. The van der Waals surface area contributed by atoms with Crippen molar-refractivity contribution in [2.24, 2.45) is 0 Å². The lowest BCUT2D eigenvalue weighted by atomic mass is 10.1. The van der Waals surface area contributed by atoms with E-state index < -0.39 is 0 Å². The van der Waals surface area contributed by atoms with Crippen LogP contribution in [0.5, 0.6) is 0 Å². The van der Waals surface area contributed by atoms with Gasteiger partial charge in [0.25, 0.3) is 11.8 Å². The number of nitrogens with one attached hydrogen (secondary N) is 1. The van der Waals surface area contributed by atoms with Gasteiger partial charge in [0.2, 0.25) is 5.91 Å². The van der Waals surface area contributed by atoms with Crippen LogP contribution in [0.4, 0.5) is 11.4 Å². The largest absolute Gasteiger partial charge is 0.366 e. The average molecular weight is 395 g/mol. The SMILES string of the molecule is CC(=O)Nc1ccc(N2C(=O)C(c3cccs3)=C(N3CCCCC3)C2=O)cc1. The molecular weight excluding hydrogens is 374 g/mol. The van der Waals surface area contributed by atoms with E-state index in [2.05, 4.69) is 10.2 Å². The van der Waals surface area contributed by atoms with Crippen molar-refractivity contribution in [1.82, 2.24) is 4.90 Å². The molecule has 1 aromatic carbocycles. The molecule has 2 aromatic rings. The maximum absolute atomic E-state index is 13.3. The van der Waals surface area contributed by atoms with Crippen LogP contribution in [0.2, 0.25) is 0 Å². The van der Waals surface area contributed by atoms with Crippen LogP contribution in [-0.4, -0.2) is 35.7 Å². The third-order valence-corrected chi connectivity index (χ3v) is 5.83. The predicted octanol–water partition coefficient (Wildman–Crippen LogP) is 3.48. The van der Waals surface area contributed by atoms with Crippen LogP contribution in [0.25, 0.3) is 5.57 Å². The number of anilines is 2. The van der Waals surface area contributed by atoms with E-state index in [1.807, 2.05) is 17.5 Å². The molecule has 2 aliphatic rings. The molecule has 1 saturated heterocycles. The van der Waals surface area contributed by atoms with Gasteiger partial charge in [-0.1, -0.05) is 6.07 Å². The Hall–Kier alpha value is -2.93. The van der Waals surface area contributed by atoms with E-state index in [-0.39, 0.29) is 17.7 Å². The van der Waals surface area contributed by atoms with Crippen molar-refractivity contribution in [2.75, 3.05) is 23.3 Å². The molecule has 1 N–H and O–H groups in total. The molecular formula is C21H21N3O3S. The van der Waals surface area contributed by atoms with Gasteiger partial charge in [0, 0.05) is 30.6 Å². The molecule has 1 aromatic heterocycles. The maximum atomic E-state index is 13.3. The van der Waals surface area contributed by atoms with Crippen molar-refractivity contribution in [2.45, 2.75) is 26.2 Å². The Morgan fingerprint density at radius 3 is 2.32 bits per heavy atom. The fourth-order valence-corrected chi connectivity index (χ4v) is 4.47. The van der Waals surface area contributed by atoms with E-state index in [1.54, 1.807) is 24.3 Å². The first-order chi connectivity index (χ1) is 13.6. The molecule has 0 saturated carbocycles. The van der Waals surface area contributed by atoms with Gasteiger partial charge in [-0.3, -0.25) is 14.4 Å². The van der Waals surface area contributed by atoms with Crippen molar-refractivity contribution in [1.29, 1.82) is 0 Å². The lowest BCUT2D eigenvalue weighted by molar-refractivity contribution is -0.121. The third-order valence-electron chi connectivity index (χ3n) is 4.95. The molecule has 0 spiro atoms. The minimum absolute atomic E-state index is 0.171. The summed E-state index contributed by atoms with van der Waals surface area (Å²) in [6, 6.07) is 10.5. The molecule has 1 fully saturated rings. The number of hydrogen-bond acceptors (Lipinski definition) is 5. The van der Waals surface area contributed by atoms with Crippen LogP contribution < -0.4 is 10.2 Å². The van der Waals surface area contributed by atoms with Gasteiger partial charge in [0.1, 0.15) is 5.70 Å². The molecule has 0 bridgehead atoms. The Morgan fingerprint density at radius 2 is 1.71 bits per heavy atom. The second-order valence-electron chi connectivity index (χ2n) is 6.92. The summed E-state index contributed by atoms with van der Waals surface area (Å²) in [6.45, 7) is 3.01. The Balaban J connectivity index is 1.71. The summed E-state index contributed by atoms with van der Waals surface area (Å²) in [4.78, 5) is 41.9. The van der Waals surface area contributed by atoms with Crippen molar-refractivity contribution in [3.8, 4) is 0 Å². The number of carbonyl (C=O) groups excluding carboxylic acids is 3. The summed E-state index contributed by atoms with van der Waals surface area (Å²) in [6.07, 6.45) is 3.19. The number of nitrogens with zero attached hydrogens (tertiary/aromatic N) is 2. The summed E-state index contributed by atoms with van der Waals surface area (Å²) in [5.41, 5.74) is 2.13. The number of hydrogen-bond donors (Lipinski definition) is 1. The number of thiophene rings is 1. The van der Waals surface area contributed by atoms with Crippen LogP contribution >= 0.6 is 11.3 Å². The first kappa shape index (κ1) is 18.4. The van der Waals surface area contributed by atoms with Crippen LogP contribution in [0.3, 0.4) is 0 Å². The quantitative estimate of drug-likeness (QED) is 0.805. The fraction of sp³-hybridized carbons (Fsp3) is 0.286. The number of rotatable bonds is 4. The van der Waals surface area contributed by atoms with Gasteiger partial charge in [0.15, 0.2) is 0 Å². The second-order valence-corrected chi connectivity index (χ2v) is 7.87.